The molecule has 0 saturated heterocycles. The minimum Gasteiger partial charge on any atom is -0.496 e. The van der Waals surface area contributed by atoms with E-state index < -0.39 is 54.1 Å². The maximum Gasteiger partial charge on any atom is 0.328 e. The fourth-order valence-corrected chi connectivity index (χ4v) is 14.8. The third kappa shape index (κ3) is 23.9. The van der Waals surface area contributed by atoms with Crippen molar-refractivity contribution in [1.29, 1.82) is 0 Å². The van der Waals surface area contributed by atoms with Gasteiger partial charge in [0, 0.05) is 49.0 Å². The van der Waals surface area contributed by atoms with Crippen LogP contribution in [0.2, 0.25) is 5.02 Å². The highest BCUT2D eigenvalue weighted by Crippen LogP contribution is 2.31. The molecule has 25 nitrogen and oxygen atoms in total. The molecule has 1 atom stereocenters. The predicted octanol–water partition coefficient (Wildman–Crippen LogP) is 8.95. The Morgan fingerprint density at radius 3 is 1.35 bits per heavy atom. The van der Waals surface area contributed by atoms with Crippen LogP contribution in [0.4, 0.5) is 14.4 Å². The van der Waals surface area contributed by atoms with E-state index in [9.17, 15) is 58.8 Å². The highest BCUT2D eigenvalue weighted by Gasteiger charge is 2.35. The van der Waals surface area contributed by atoms with Gasteiger partial charge in [-0.3, -0.25) is 24.2 Å². The molecular formula is C69H90ClN11O14S3. The lowest BCUT2D eigenvalue weighted by atomic mass is 9.87. The van der Waals surface area contributed by atoms with Gasteiger partial charge in [-0.05, 0) is 180 Å². The van der Waals surface area contributed by atoms with Crippen molar-refractivity contribution >= 4 is 83.3 Å². The highest BCUT2D eigenvalue weighted by atomic mass is 35.5. The van der Waals surface area contributed by atoms with Gasteiger partial charge in [-0.15, -0.1) is 0 Å². The van der Waals surface area contributed by atoms with Crippen LogP contribution in [0.3, 0.4) is 0 Å². The second kappa shape index (κ2) is 36.9. The summed E-state index contributed by atoms with van der Waals surface area (Å²) in [6, 6.07) is 21.3. The van der Waals surface area contributed by atoms with E-state index in [1.807, 2.05) is 13.8 Å². The van der Waals surface area contributed by atoms with Crippen LogP contribution in [-0.4, -0.2) is 122 Å². The van der Waals surface area contributed by atoms with Gasteiger partial charge in [-0.2, -0.15) is 0 Å². The zero-order chi connectivity index (χ0) is 71.0. The first kappa shape index (κ1) is 76.9. The first-order valence-electron chi connectivity index (χ1n) is 33.2. The van der Waals surface area contributed by atoms with Crippen molar-refractivity contribution in [3.63, 3.8) is 0 Å². The number of Topliss-reactive ketones (excluding diaryl/α,β-unsaturated/α-hetero) is 1. The lowest BCUT2D eigenvalue weighted by Crippen LogP contribution is -2.45. The van der Waals surface area contributed by atoms with E-state index in [2.05, 4.69) is 63.0 Å². The van der Waals surface area contributed by atoms with Crippen LogP contribution in [0.15, 0.2) is 129 Å². The molecule has 1 heterocycles. The molecule has 1 aromatic heterocycles. The van der Waals surface area contributed by atoms with Crippen molar-refractivity contribution in [2.45, 2.75) is 183 Å². The van der Waals surface area contributed by atoms with Gasteiger partial charge in [0.15, 0.2) is 5.78 Å². The fourth-order valence-electron chi connectivity index (χ4n) is 11.9. The zero-order valence-electron chi connectivity index (χ0n) is 56.0. The molecule has 0 aliphatic heterocycles. The highest BCUT2D eigenvalue weighted by molar-refractivity contribution is 7.90. The molecule has 3 saturated carbocycles. The summed E-state index contributed by atoms with van der Waals surface area (Å²) in [6.45, 7) is 8.82. The van der Waals surface area contributed by atoms with Crippen LogP contribution in [0.25, 0.3) is 0 Å². The Labute approximate surface area is 579 Å². The molecule has 0 radical (unpaired) electrons. The summed E-state index contributed by atoms with van der Waals surface area (Å²) in [6.07, 6.45) is 19.2. The minimum atomic E-state index is -3.98. The smallest absolute Gasteiger partial charge is 0.328 e. The average Bonchev–Trinajstić information content (AvgIpc) is 1.51. The maximum atomic E-state index is 12.5. The SMILES string of the molecule is CCC1=C(C)CC(C(=O)NCCc2ccc(S(=O)(=O)NC(=O)NC3CCC(C)CC3)cc2)C1=O.COc1ccc(Cl)cc1C(=O)NCCc1ccc(S(=O)(=O)NC(=O)NC2CCCCC2)cc1.Cc1cnc(C(=O)NCCc2ccc(S(=O)(=O)NC(=O)NC3CCCCC3)cc2)cn1. The Bertz CT molecular complexity index is 3960. The van der Waals surface area contributed by atoms with E-state index in [1.165, 1.54) is 62.0 Å². The van der Waals surface area contributed by atoms with Crippen molar-refractivity contribution < 1.29 is 63.6 Å². The number of urea groups is 3. The molecule has 3 fully saturated rings. The Hall–Kier alpha value is -8.47. The Morgan fingerprint density at radius 1 is 0.531 bits per heavy atom. The van der Waals surface area contributed by atoms with Gasteiger partial charge in [0.25, 0.3) is 41.9 Å². The number of sulfonamides is 3. The second-order valence-corrected chi connectivity index (χ2v) is 30.5. The van der Waals surface area contributed by atoms with E-state index >= 15 is 0 Å². The van der Waals surface area contributed by atoms with Gasteiger partial charge in [-0.1, -0.05) is 106 Å². The predicted molar refractivity (Wildman–Crippen MR) is 371 cm³/mol. The number of aryl methyl sites for hydroxylation is 1. The summed E-state index contributed by atoms with van der Waals surface area (Å²) < 4.78 is 86.4. The summed E-state index contributed by atoms with van der Waals surface area (Å²) in [5.41, 5.74) is 5.56. The third-order valence-electron chi connectivity index (χ3n) is 17.5. The van der Waals surface area contributed by atoms with Crippen molar-refractivity contribution in [1.82, 2.24) is 56.0 Å². The number of methoxy groups -OCH3 is 1. The number of nitrogens with zero attached hydrogens (tertiary/aromatic N) is 2. The van der Waals surface area contributed by atoms with Crippen molar-refractivity contribution in [3.05, 3.63) is 153 Å². The number of carbonyl (C=O) groups is 7. The topological polar surface area (TPSA) is 365 Å². The lowest BCUT2D eigenvalue weighted by Gasteiger charge is -2.26. The van der Waals surface area contributed by atoms with E-state index in [0.29, 0.717) is 74.0 Å². The molecule has 9 amide bonds. The number of rotatable bonds is 23. The Morgan fingerprint density at radius 2 is 0.949 bits per heavy atom. The van der Waals surface area contributed by atoms with Crippen LogP contribution in [0.5, 0.6) is 5.75 Å². The van der Waals surface area contributed by atoms with E-state index in [0.717, 1.165) is 123 Å². The zero-order valence-corrected chi connectivity index (χ0v) is 59.2. The number of allylic oxidation sites excluding steroid dienone is 2. The molecule has 9 rings (SSSR count). The first-order valence-corrected chi connectivity index (χ1v) is 38.0. The molecule has 4 aliphatic carbocycles. The van der Waals surface area contributed by atoms with Gasteiger partial charge in [0.2, 0.25) is 5.91 Å². The molecule has 530 valence electrons. The quantitative estimate of drug-likeness (QED) is 0.0275. The monoisotopic (exact) mass is 1430 g/mol. The summed E-state index contributed by atoms with van der Waals surface area (Å²) in [5.74, 6) is -0.571. The Balaban J connectivity index is 0.000000207. The number of nitrogens with one attached hydrogen (secondary N) is 9. The van der Waals surface area contributed by atoms with Crippen LogP contribution in [-0.2, 0) is 58.9 Å². The number of carbonyl (C=O) groups excluding carboxylic acids is 7. The number of amides is 9. The molecule has 4 aromatic carbocycles. The van der Waals surface area contributed by atoms with Crippen LogP contribution >= 0.6 is 11.6 Å². The van der Waals surface area contributed by atoms with Gasteiger partial charge in [-0.25, -0.2) is 58.8 Å². The molecule has 5 aromatic rings. The molecule has 4 aliphatic rings. The normalized spacial score (nSPS) is 17.4. The number of hydrogen-bond donors (Lipinski definition) is 9. The molecule has 29 heteroatoms. The lowest BCUT2D eigenvalue weighted by molar-refractivity contribution is -0.131. The van der Waals surface area contributed by atoms with Crippen LogP contribution in [0.1, 0.15) is 167 Å². The molecular weight excluding hydrogens is 1340 g/mol. The Kier molecular flexibility index (Phi) is 29.0. The van der Waals surface area contributed by atoms with E-state index in [-0.39, 0.29) is 62.0 Å². The van der Waals surface area contributed by atoms with Crippen molar-refractivity contribution in [2.24, 2.45) is 11.8 Å². The van der Waals surface area contributed by atoms with Gasteiger partial charge in [0.1, 0.15) is 17.4 Å². The van der Waals surface area contributed by atoms with E-state index in [4.69, 9.17) is 16.3 Å². The fraction of sp³-hybridized carbons (Fsp3) is 0.464. The molecule has 98 heavy (non-hydrogen) atoms. The minimum absolute atomic E-state index is 0.00195. The average molecular weight is 1430 g/mol. The largest absolute Gasteiger partial charge is 0.496 e. The van der Waals surface area contributed by atoms with E-state index in [1.54, 1.807) is 55.5 Å². The number of ether oxygens (including phenoxy) is 1. The van der Waals surface area contributed by atoms with Crippen molar-refractivity contribution in [2.75, 3.05) is 26.7 Å². The number of ketones is 1. The number of benzene rings is 4. The molecule has 1 unspecified atom stereocenters. The maximum absolute atomic E-state index is 12.5. The molecule has 0 spiro atoms. The summed E-state index contributed by atoms with van der Waals surface area (Å²) in [4.78, 5) is 93.6. The van der Waals surface area contributed by atoms with Gasteiger partial charge in [0.05, 0.1) is 39.3 Å². The third-order valence-corrected chi connectivity index (χ3v) is 21.7. The summed E-state index contributed by atoms with van der Waals surface area (Å²) >= 11 is 5.96. The number of aromatic nitrogens is 2. The van der Waals surface area contributed by atoms with Crippen LogP contribution < -0.4 is 50.8 Å². The molecule has 9 N–H and O–H groups in total. The standard InChI is InChI=1S/C25H35N3O5S.C23H28ClN3O5S.C21H27N5O4S/c1-4-21-17(3)15-22(23(21)29)24(30)26-14-13-18-7-11-20(12-8-18)34(32,33)28-25(31)27-19-9-5-16(2)6-10-19;1-32-21-12-9-17(24)15-20(21)22(28)25-14-13-16-7-10-19(11-8-16)33(30,31)27-23(29)26-18-5-3-2-4-6-18;1-15-13-24-19(14-23-15)20(27)22-12-11-16-7-9-18(10-8-16)31(29,30)26-21(28)25-17-5-3-2-4-6-17/h7-8,11-12,16,19,22H,4-6,9-10,13-15H2,1-3H3,(H,26,30)(H2,27,28,31);7-12,15,18H,2-6,13-14H2,1H3,(H,25,28)(H2,26,27,29);7-10,13-14,17H,2-6,11-12H2,1H3,(H,22,27)(H2,25,26,28). The number of halogens is 1. The number of hydrogen-bond acceptors (Lipinski definition) is 16. The summed E-state index contributed by atoms with van der Waals surface area (Å²) in [7, 11) is -10.4. The second-order valence-electron chi connectivity index (χ2n) is 25.0. The van der Waals surface area contributed by atoms with Gasteiger partial charge >= 0.3 is 18.1 Å². The molecule has 0 bridgehead atoms. The summed E-state index contributed by atoms with van der Waals surface area (Å²) in [5, 5.41) is 17.0. The van der Waals surface area contributed by atoms with Gasteiger partial charge < -0.3 is 36.6 Å². The van der Waals surface area contributed by atoms with Crippen LogP contribution in [0, 0.1) is 18.8 Å². The first-order chi connectivity index (χ1) is 46.7. The van der Waals surface area contributed by atoms with Crippen molar-refractivity contribution in [3.8, 4) is 5.75 Å².